The zero-order chi connectivity index (χ0) is 24.5. The molecule has 0 fully saturated rings. The highest BCUT2D eigenvalue weighted by molar-refractivity contribution is 14.1. The number of non-ortho nitro benzene ring substituents is 1. The number of amides is 1. The van der Waals surface area contributed by atoms with Crippen molar-refractivity contribution < 1.29 is 19.2 Å². The number of ether oxygens (including phenoxy) is 2. The molecule has 0 aliphatic rings. The second kappa shape index (κ2) is 11.8. The molecule has 8 nitrogen and oxygen atoms in total. The van der Waals surface area contributed by atoms with E-state index in [1.807, 2.05) is 36.4 Å². The standard InChI is InChI=1S/C25H20IN3O5/c1-33-23-13-19(11-20(14-27)25(30)28-15-17-5-3-2-4-6-17)12-22(26)24(23)34-16-18-7-9-21(10-8-18)29(31)32/h2-13H,15-16H2,1H3,(H,28,30)/b20-11+. The summed E-state index contributed by atoms with van der Waals surface area (Å²) < 4.78 is 12.1. The van der Waals surface area contributed by atoms with Crippen LogP contribution in [0.2, 0.25) is 0 Å². The third kappa shape index (κ3) is 6.55. The van der Waals surface area contributed by atoms with Crippen molar-refractivity contribution in [2.24, 2.45) is 0 Å². The molecular weight excluding hydrogens is 549 g/mol. The number of hydrogen-bond donors (Lipinski definition) is 1. The molecule has 0 bridgehead atoms. The smallest absolute Gasteiger partial charge is 0.269 e. The second-order valence-corrected chi connectivity index (χ2v) is 8.25. The summed E-state index contributed by atoms with van der Waals surface area (Å²) in [6.07, 6.45) is 1.49. The number of methoxy groups -OCH3 is 1. The van der Waals surface area contributed by atoms with E-state index in [2.05, 4.69) is 27.9 Å². The average molecular weight is 569 g/mol. The van der Waals surface area contributed by atoms with E-state index in [0.717, 1.165) is 11.1 Å². The average Bonchev–Trinajstić information content (AvgIpc) is 2.85. The van der Waals surface area contributed by atoms with Crippen LogP contribution in [0, 0.1) is 25.0 Å². The van der Waals surface area contributed by atoms with E-state index in [9.17, 15) is 20.2 Å². The maximum Gasteiger partial charge on any atom is 0.269 e. The van der Waals surface area contributed by atoms with Gasteiger partial charge in [-0.2, -0.15) is 5.26 Å². The molecule has 9 heteroatoms. The number of nitriles is 1. The van der Waals surface area contributed by atoms with Crippen molar-refractivity contribution >= 4 is 40.3 Å². The Balaban J connectivity index is 1.74. The first kappa shape index (κ1) is 24.7. The molecule has 0 aliphatic heterocycles. The Labute approximate surface area is 210 Å². The molecule has 3 aromatic rings. The number of halogens is 1. The maximum absolute atomic E-state index is 12.5. The number of hydrogen-bond acceptors (Lipinski definition) is 6. The van der Waals surface area contributed by atoms with Crippen LogP contribution in [0.5, 0.6) is 11.5 Å². The predicted octanol–water partition coefficient (Wildman–Crippen LogP) is 5.01. The zero-order valence-electron chi connectivity index (χ0n) is 18.2. The van der Waals surface area contributed by atoms with E-state index in [1.165, 1.54) is 25.3 Å². The Bertz CT molecular complexity index is 1250. The van der Waals surface area contributed by atoms with Crippen molar-refractivity contribution in [3.05, 3.63) is 103 Å². The highest BCUT2D eigenvalue weighted by Gasteiger charge is 2.14. The molecule has 172 valence electrons. The monoisotopic (exact) mass is 569 g/mol. The number of nitrogens with zero attached hydrogens (tertiary/aromatic N) is 2. The van der Waals surface area contributed by atoms with Crippen molar-refractivity contribution in [2.45, 2.75) is 13.2 Å². The van der Waals surface area contributed by atoms with E-state index >= 15 is 0 Å². The molecule has 0 saturated heterocycles. The summed E-state index contributed by atoms with van der Waals surface area (Å²) in [5.74, 6) is 0.450. The predicted molar refractivity (Wildman–Crippen MR) is 135 cm³/mol. The summed E-state index contributed by atoms with van der Waals surface area (Å²) in [6.45, 7) is 0.500. The lowest BCUT2D eigenvalue weighted by Crippen LogP contribution is -2.23. The van der Waals surface area contributed by atoms with Gasteiger partial charge in [0.25, 0.3) is 11.6 Å². The molecule has 1 N–H and O–H groups in total. The third-order valence-electron chi connectivity index (χ3n) is 4.75. The van der Waals surface area contributed by atoms with Crippen LogP contribution in [0.1, 0.15) is 16.7 Å². The number of carbonyl (C=O) groups is 1. The molecule has 0 aromatic heterocycles. The lowest BCUT2D eigenvalue weighted by atomic mass is 10.1. The van der Waals surface area contributed by atoms with Gasteiger partial charge in [0.15, 0.2) is 11.5 Å². The Kier molecular flexibility index (Phi) is 8.59. The maximum atomic E-state index is 12.5. The molecule has 3 rings (SSSR count). The van der Waals surface area contributed by atoms with E-state index in [4.69, 9.17) is 9.47 Å². The first-order chi connectivity index (χ1) is 16.4. The minimum absolute atomic E-state index is 0.00755. The molecule has 0 unspecified atom stereocenters. The molecule has 0 radical (unpaired) electrons. The van der Waals surface area contributed by atoms with Crippen LogP contribution in [-0.2, 0) is 17.9 Å². The summed E-state index contributed by atoms with van der Waals surface area (Å²) in [5.41, 5.74) is 2.27. The highest BCUT2D eigenvalue weighted by Crippen LogP contribution is 2.35. The van der Waals surface area contributed by atoms with Crippen molar-refractivity contribution in [3.63, 3.8) is 0 Å². The van der Waals surface area contributed by atoms with Gasteiger partial charge >= 0.3 is 0 Å². The van der Waals surface area contributed by atoms with Gasteiger partial charge in [-0.15, -0.1) is 0 Å². The summed E-state index contributed by atoms with van der Waals surface area (Å²) in [4.78, 5) is 22.8. The minimum Gasteiger partial charge on any atom is -0.493 e. The first-order valence-electron chi connectivity index (χ1n) is 10.1. The Hall–Kier alpha value is -3.91. The highest BCUT2D eigenvalue weighted by atomic mass is 127. The van der Waals surface area contributed by atoms with Crippen molar-refractivity contribution in [1.82, 2.24) is 5.32 Å². The Morgan fingerprint density at radius 3 is 2.47 bits per heavy atom. The molecule has 0 aliphatic carbocycles. The van der Waals surface area contributed by atoms with Crippen molar-refractivity contribution in [2.75, 3.05) is 7.11 Å². The summed E-state index contributed by atoms with van der Waals surface area (Å²) >= 11 is 2.09. The molecule has 0 atom stereocenters. The fourth-order valence-corrected chi connectivity index (χ4v) is 3.80. The van der Waals surface area contributed by atoms with Gasteiger partial charge in [-0.05, 0) is 69.6 Å². The van der Waals surface area contributed by atoms with Gasteiger partial charge in [-0.1, -0.05) is 30.3 Å². The molecule has 34 heavy (non-hydrogen) atoms. The van der Waals surface area contributed by atoms with Gasteiger partial charge in [0.2, 0.25) is 0 Å². The summed E-state index contributed by atoms with van der Waals surface area (Å²) in [7, 11) is 1.50. The van der Waals surface area contributed by atoms with Crippen LogP contribution in [0.3, 0.4) is 0 Å². The van der Waals surface area contributed by atoms with Crippen molar-refractivity contribution in [1.29, 1.82) is 5.26 Å². The third-order valence-corrected chi connectivity index (χ3v) is 5.56. The normalized spacial score (nSPS) is 10.8. The zero-order valence-corrected chi connectivity index (χ0v) is 20.3. The van der Waals surface area contributed by atoms with Crippen molar-refractivity contribution in [3.8, 4) is 17.6 Å². The quantitative estimate of drug-likeness (QED) is 0.127. The largest absolute Gasteiger partial charge is 0.493 e. The van der Waals surface area contributed by atoms with Crippen LogP contribution in [0.4, 0.5) is 5.69 Å². The fraction of sp³-hybridized carbons (Fsp3) is 0.120. The molecule has 0 saturated carbocycles. The van der Waals surface area contributed by atoms with Crippen LogP contribution in [0.15, 0.2) is 72.3 Å². The Morgan fingerprint density at radius 2 is 1.85 bits per heavy atom. The first-order valence-corrected chi connectivity index (χ1v) is 11.2. The van der Waals surface area contributed by atoms with Crippen LogP contribution < -0.4 is 14.8 Å². The topological polar surface area (TPSA) is 114 Å². The van der Waals surface area contributed by atoms with Gasteiger partial charge in [0.1, 0.15) is 18.2 Å². The molecular formula is C25H20IN3O5. The van der Waals surface area contributed by atoms with Crippen LogP contribution >= 0.6 is 22.6 Å². The summed E-state index contributed by atoms with van der Waals surface area (Å²) in [5, 5.41) is 23.0. The SMILES string of the molecule is COc1cc(/C=C(\C#N)C(=O)NCc2ccccc2)cc(I)c1OCc1ccc([N+](=O)[O-])cc1. The van der Waals surface area contributed by atoms with Gasteiger partial charge in [-0.25, -0.2) is 0 Å². The number of carbonyl (C=O) groups excluding carboxylic acids is 1. The Morgan fingerprint density at radius 1 is 1.15 bits per heavy atom. The molecule has 0 spiro atoms. The minimum atomic E-state index is -0.473. The number of nitro benzene ring substituents is 1. The summed E-state index contributed by atoms with van der Waals surface area (Å²) in [6, 6.07) is 20.9. The van der Waals surface area contributed by atoms with E-state index < -0.39 is 10.8 Å². The number of rotatable bonds is 9. The second-order valence-electron chi connectivity index (χ2n) is 7.08. The molecule has 1 amide bonds. The van der Waals surface area contributed by atoms with Crippen LogP contribution in [0.25, 0.3) is 6.08 Å². The van der Waals surface area contributed by atoms with Gasteiger partial charge in [0, 0.05) is 18.7 Å². The van der Waals surface area contributed by atoms with Gasteiger partial charge < -0.3 is 14.8 Å². The molecule has 0 heterocycles. The fourth-order valence-electron chi connectivity index (χ4n) is 3.02. The van der Waals surface area contributed by atoms with E-state index in [0.29, 0.717) is 27.2 Å². The lowest BCUT2D eigenvalue weighted by molar-refractivity contribution is -0.384. The van der Waals surface area contributed by atoms with E-state index in [-0.39, 0.29) is 17.9 Å². The number of nitro groups is 1. The van der Waals surface area contributed by atoms with E-state index in [1.54, 1.807) is 24.3 Å². The van der Waals surface area contributed by atoms with Gasteiger partial charge in [-0.3, -0.25) is 14.9 Å². The number of benzene rings is 3. The van der Waals surface area contributed by atoms with Crippen LogP contribution in [-0.4, -0.2) is 17.9 Å². The number of nitrogens with one attached hydrogen (secondary N) is 1. The van der Waals surface area contributed by atoms with Gasteiger partial charge in [0.05, 0.1) is 15.6 Å². The molecule has 3 aromatic carbocycles. The lowest BCUT2D eigenvalue weighted by Gasteiger charge is -2.14.